The largest absolute Gasteiger partial charge is 0.481 e. The molecular formula is C11H22N2O2S. The molecule has 1 aliphatic rings. The molecule has 1 heterocycles. The summed E-state index contributed by atoms with van der Waals surface area (Å²) in [6.45, 7) is 3.76. The number of hydrogen-bond donors (Lipinski definition) is 2. The summed E-state index contributed by atoms with van der Waals surface area (Å²) >= 11 is 1.84. The Morgan fingerprint density at radius 1 is 1.62 bits per heavy atom. The van der Waals surface area contributed by atoms with Crippen molar-refractivity contribution >= 4 is 17.7 Å². The Morgan fingerprint density at radius 3 is 2.62 bits per heavy atom. The van der Waals surface area contributed by atoms with Gasteiger partial charge in [0.05, 0.1) is 12.0 Å². The number of thioether (sulfide) groups is 1. The normalized spacial score (nSPS) is 20.5. The third-order valence-electron chi connectivity index (χ3n) is 3.54. The van der Waals surface area contributed by atoms with Gasteiger partial charge in [-0.1, -0.05) is 0 Å². The Balaban J connectivity index is 2.54. The topological polar surface area (TPSA) is 52.6 Å². The number of hydrogen-bond acceptors (Lipinski definition) is 4. The van der Waals surface area contributed by atoms with Crippen molar-refractivity contribution in [2.45, 2.75) is 31.3 Å². The first-order chi connectivity index (χ1) is 7.52. The van der Waals surface area contributed by atoms with Gasteiger partial charge in [0.1, 0.15) is 0 Å². The van der Waals surface area contributed by atoms with E-state index in [1.54, 1.807) is 0 Å². The molecule has 1 fully saturated rings. The molecule has 2 N–H and O–H groups in total. The highest BCUT2D eigenvalue weighted by Crippen LogP contribution is 2.26. The molecule has 1 atom stereocenters. The Hall–Kier alpha value is -0.260. The van der Waals surface area contributed by atoms with E-state index in [2.05, 4.69) is 30.4 Å². The molecule has 0 bridgehead atoms. The zero-order valence-corrected chi connectivity index (χ0v) is 11.1. The highest BCUT2D eigenvalue weighted by atomic mass is 32.2. The van der Waals surface area contributed by atoms with Crippen LogP contribution < -0.4 is 5.32 Å². The van der Waals surface area contributed by atoms with Gasteiger partial charge in [0.2, 0.25) is 0 Å². The summed E-state index contributed by atoms with van der Waals surface area (Å²) in [7, 11) is 2.05. The first-order valence-corrected chi connectivity index (χ1v) is 7.05. The van der Waals surface area contributed by atoms with Crippen molar-refractivity contribution in [1.82, 2.24) is 10.2 Å². The molecule has 0 amide bonds. The van der Waals surface area contributed by atoms with E-state index >= 15 is 0 Å². The maximum Gasteiger partial charge on any atom is 0.305 e. The second-order valence-corrected chi connectivity index (χ2v) is 5.63. The fourth-order valence-corrected chi connectivity index (χ4v) is 2.72. The van der Waals surface area contributed by atoms with Crippen molar-refractivity contribution in [1.29, 1.82) is 0 Å². The summed E-state index contributed by atoms with van der Waals surface area (Å²) in [5.74, 6) is 0.424. The van der Waals surface area contributed by atoms with Crippen LogP contribution in [-0.4, -0.2) is 59.7 Å². The first-order valence-electron chi connectivity index (χ1n) is 5.66. The van der Waals surface area contributed by atoms with Gasteiger partial charge in [-0.3, -0.25) is 9.69 Å². The molecule has 1 aliphatic heterocycles. The van der Waals surface area contributed by atoms with Gasteiger partial charge in [0, 0.05) is 19.1 Å². The van der Waals surface area contributed by atoms with Crippen LogP contribution in [0, 0.1) is 0 Å². The number of nitrogens with one attached hydrogen (secondary N) is 1. The van der Waals surface area contributed by atoms with Crippen LogP contribution >= 0.6 is 11.8 Å². The summed E-state index contributed by atoms with van der Waals surface area (Å²) in [5, 5.41) is 12.2. The van der Waals surface area contributed by atoms with Gasteiger partial charge < -0.3 is 10.4 Å². The fraction of sp³-hybridized carbons (Fsp3) is 0.909. The first kappa shape index (κ1) is 13.8. The summed E-state index contributed by atoms with van der Waals surface area (Å²) in [5.41, 5.74) is -0.163. The molecular weight excluding hydrogens is 224 g/mol. The average Bonchev–Trinajstić information content (AvgIpc) is 2.18. The number of carboxylic acid groups (broad SMARTS) is 1. The molecule has 0 spiro atoms. The van der Waals surface area contributed by atoms with E-state index in [0.717, 1.165) is 25.3 Å². The average molecular weight is 246 g/mol. The molecule has 94 valence electrons. The zero-order valence-electron chi connectivity index (χ0n) is 10.3. The Bertz CT molecular complexity index is 244. The molecule has 4 nitrogen and oxygen atoms in total. The van der Waals surface area contributed by atoms with Gasteiger partial charge in [0.25, 0.3) is 0 Å². The highest BCUT2D eigenvalue weighted by molar-refractivity contribution is 7.98. The Morgan fingerprint density at radius 2 is 2.25 bits per heavy atom. The number of nitrogens with zero attached hydrogens (tertiary/aromatic N) is 1. The third kappa shape index (κ3) is 3.12. The molecule has 0 aliphatic carbocycles. The van der Waals surface area contributed by atoms with E-state index in [0.29, 0.717) is 6.04 Å². The summed E-state index contributed by atoms with van der Waals surface area (Å²) in [4.78, 5) is 13.1. The lowest BCUT2D eigenvalue weighted by molar-refractivity contribution is -0.142. The van der Waals surface area contributed by atoms with Crippen LogP contribution in [0.3, 0.4) is 0 Å². The van der Waals surface area contributed by atoms with Crippen LogP contribution in [-0.2, 0) is 4.79 Å². The van der Waals surface area contributed by atoms with Gasteiger partial charge >= 0.3 is 5.97 Å². The Kier molecular flexibility index (Phi) is 5.08. The number of carboxylic acids is 1. The van der Waals surface area contributed by atoms with Crippen LogP contribution in [0.2, 0.25) is 0 Å². The van der Waals surface area contributed by atoms with Gasteiger partial charge in [0.15, 0.2) is 0 Å². The lowest BCUT2D eigenvalue weighted by Gasteiger charge is -2.50. The molecule has 1 rings (SSSR count). The molecule has 0 aromatic carbocycles. The van der Waals surface area contributed by atoms with Gasteiger partial charge in [-0.15, -0.1) is 0 Å². The molecule has 1 unspecified atom stereocenters. The predicted molar refractivity (Wildman–Crippen MR) is 68.1 cm³/mol. The second-order valence-electron chi connectivity index (χ2n) is 4.64. The minimum atomic E-state index is -0.703. The number of carbonyl (C=O) groups is 1. The van der Waals surface area contributed by atoms with E-state index in [1.165, 1.54) is 0 Å². The summed E-state index contributed by atoms with van der Waals surface area (Å²) in [6.07, 6.45) is 3.45. The van der Waals surface area contributed by atoms with E-state index in [1.807, 2.05) is 11.8 Å². The van der Waals surface area contributed by atoms with Crippen molar-refractivity contribution in [3.8, 4) is 0 Å². The molecule has 0 aromatic rings. The van der Waals surface area contributed by atoms with Gasteiger partial charge in [-0.2, -0.15) is 11.8 Å². The monoisotopic (exact) mass is 246 g/mol. The molecule has 16 heavy (non-hydrogen) atoms. The van der Waals surface area contributed by atoms with Gasteiger partial charge in [-0.25, -0.2) is 0 Å². The minimum absolute atomic E-state index is 0.163. The van der Waals surface area contributed by atoms with E-state index in [4.69, 9.17) is 5.11 Å². The lowest BCUT2D eigenvalue weighted by Crippen LogP contribution is -2.70. The smallest absolute Gasteiger partial charge is 0.305 e. The van der Waals surface area contributed by atoms with Crippen molar-refractivity contribution in [3.05, 3.63) is 0 Å². The maximum atomic E-state index is 10.9. The van der Waals surface area contributed by atoms with Gasteiger partial charge in [-0.05, 0) is 32.4 Å². The molecule has 1 saturated heterocycles. The third-order valence-corrected chi connectivity index (χ3v) is 4.18. The summed E-state index contributed by atoms with van der Waals surface area (Å²) < 4.78 is 0. The zero-order chi connectivity index (χ0) is 12.2. The highest BCUT2D eigenvalue weighted by Gasteiger charge is 2.43. The van der Waals surface area contributed by atoms with Crippen molar-refractivity contribution in [2.24, 2.45) is 0 Å². The Labute approximate surface area is 102 Å². The molecule has 0 radical (unpaired) electrons. The van der Waals surface area contributed by atoms with Crippen molar-refractivity contribution in [2.75, 3.05) is 32.1 Å². The van der Waals surface area contributed by atoms with Crippen LogP contribution in [0.4, 0.5) is 0 Å². The van der Waals surface area contributed by atoms with E-state index < -0.39 is 5.97 Å². The number of likely N-dealkylation sites (N-methyl/N-ethyl adjacent to an activating group) is 1. The lowest BCUT2D eigenvalue weighted by atomic mass is 9.85. The van der Waals surface area contributed by atoms with Crippen LogP contribution in [0.25, 0.3) is 0 Å². The quantitative estimate of drug-likeness (QED) is 0.698. The van der Waals surface area contributed by atoms with Crippen LogP contribution in [0.15, 0.2) is 0 Å². The summed E-state index contributed by atoms with van der Waals surface area (Å²) in [6, 6.07) is 0.439. The number of aliphatic carboxylic acids is 1. The molecule has 5 heteroatoms. The van der Waals surface area contributed by atoms with Crippen LogP contribution in [0.1, 0.15) is 19.8 Å². The van der Waals surface area contributed by atoms with Crippen molar-refractivity contribution < 1.29 is 9.90 Å². The maximum absolute atomic E-state index is 10.9. The van der Waals surface area contributed by atoms with E-state index in [-0.39, 0.29) is 12.0 Å². The predicted octanol–water partition coefficient (Wildman–Crippen LogP) is 0.877. The van der Waals surface area contributed by atoms with Crippen molar-refractivity contribution in [3.63, 3.8) is 0 Å². The number of rotatable bonds is 7. The minimum Gasteiger partial charge on any atom is -0.481 e. The molecule has 0 saturated carbocycles. The SMILES string of the molecule is CSCCC(C)N(C)C1(CC(=O)O)CNC1. The fourth-order valence-electron chi connectivity index (χ4n) is 2.14. The van der Waals surface area contributed by atoms with E-state index in [9.17, 15) is 4.79 Å². The molecule has 0 aromatic heterocycles. The van der Waals surface area contributed by atoms with Crippen LogP contribution in [0.5, 0.6) is 0 Å². The second kappa shape index (κ2) is 5.89. The standard InChI is InChI=1S/C11H22N2O2S/c1-9(4-5-16-3)13(2)11(6-10(14)15)7-12-8-11/h9,12H,4-8H2,1-3H3,(H,14,15).